The van der Waals surface area contributed by atoms with Crippen LogP contribution in [-0.4, -0.2) is 52.7 Å². The molecule has 2 atom stereocenters. The maximum absolute atomic E-state index is 5.66. The van der Waals surface area contributed by atoms with Gasteiger partial charge < -0.3 is 19.5 Å². The van der Waals surface area contributed by atoms with Crippen LogP contribution in [0.1, 0.15) is 40.5 Å². The Morgan fingerprint density at radius 1 is 0.900 bits per heavy atom. The van der Waals surface area contributed by atoms with E-state index in [0.29, 0.717) is 44.3 Å². The molecule has 4 nitrogen and oxygen atoms in total. The first-order valence-electron chi connectivity index (χ1n) is 8.01. The SMILES string of the molecule is CCCNC(C)C(CCOCCOCCOC)C(C)C. The Balaban J connectivity index is 3.65. The molecular weight excluding hydrogens is 254 g/mol. The Morgan fingerprint density at radius 3 is 2.05 bits per heavy atom. The molecule has 0 aliphatic heterocycles. The van der Waals surface area contributed by atoms with Crippen molar-refractivity contribution in [3.8, 4) is 0 Å². The molecule has 0 saturated heterocycles. The third-order valence-electron chi connectivity index (χ3n) is 3.61. The fourth-order valence-electron chi connectivity index (χ4n) is 2.37. The van der Waals surface area contributed by atoms with Gasteiger partial charge in [0, 0.05) is 19.8 Å². The molecule has 0 aromatic rings. The summed E-state index contributed by atoms with van der Waals surface area (Å²) in [5.41, 5.74) is 0. The lowest BCUT2D eigenvalue weighted by Gasteiger charge is -2.28. The molecule has 0 aliphatic rings. The Morgan fingerprint density at radius 2 is 1.50 bits per heavy atom. The van der Waals surface area contributed by atoms with Crippen molar-refractivity contribution in [2.75, 3.05) is 46.7 Å². The zero-order chi connectivity index (χ0) is 15.2. The predicted molar refractivity (Wildman–Crippen MR) is 84.2 cm³/mol. The van der Waals surface area contributed by atoms with Crippen molar-refractivity contribution >= 4 is 0 Å². The first-order valence-corrected chi connectivity index (χ1v) is 8.01. The second-order valence-electron chi connectivity index (χ2n) is 5.66. The van der Waals surface area contributed by atoms with Gasteiger partial charge in [0.15, 0.2) is 0 Å². The Labute approximate surface area is 125 Å². The van der Waals surface area contributed by atoms with E-state index in [1.165, 1.54) is 6.42 Å². The van der Waals surface area contributed by atoms with Crippen LogP contribution in [0.15, 0.2) is 0 Å². The van der Waals surface area contributed by atoms with E-state index in [2.05, 4.69) is 33.0 Å². The normalized spacial score (nSPS) is 14.7. The highest BCUT2D eigenvalue weighted by Crippen LogP contribution is 2.19. The summed E-state index contributed by atoms with van der Waals surface area (Å²) in [7, 11) is 1.68. The molecule has 4 heteroatoms. The molecule has 0 aliphatic carbocycles. The van der Waals surface area contributed by atoms with Gasteiger partial charge >= 0.3 is 0 Å². The molecule has 0 heterocycles. The van der Waals surface area contributed by atoms with Crippen molar-refractivity contribution in [3.05, 3.63) is 0 Å². The Bertz CT molecular complexity index is 200. The molecule has 20 heavy (non-hydrogen) atoms. The van der Waals surface area contributed by atoms with E-state index in [4.69, 9.17) is 14.2 Å². The third kappa shape index (κ3) is 10.6. The predicted octanol–water partition coefficient (Wildman–Crippen LogP) is 2.72. The minimum Gasteiger partial charge on any atom is -0.382 e. The molecule has 0 amide bonds. The van der Waals surface area contributed by atoms with Crippen LogP contribution in [0.2, 0.25) is 0 Å². The van der Waals surface area contributed by atoms with Crippen molar-refractivity contribution in [2.45, 2.75) is 46.6 Å². The lowest BCUT2D eigenvalue weighted by Crippen LogP contribution is -2.37. The molecule has 0 rings (SSSR count). The summed E-state index contributed by atoms with van der Waals surface area (Å²) in [6.45, 7) is 13.6. The van der Waals surface area contributed by atoms with E-state index >= 15 is 0 Å². The van der Waals surface area contributed by atoms with Crippen molar-refractivity contribution in [3.63, 3.8) is 0 Å². The van der Waals surface area contributed by atoms with E-state index in [9.17, 15) is 0 Å². The van der Waals surface area contributed by atoms with E-state index in [0.717, 1.165) is 19.6 Å². The first kappa shape index (κ1) is 19.8. The molecule has 0 saturated carbocycles. The van der Waals surface area contributed by atoms with Gasteiger partial charge in [0.1, 0.15) is 0 Å². The van der Waals surface area contributed by atoms with E-state index in [-0.39, 0.29) is 0 Å². The summed E-state index contributed by atoms with van der Waals surface area (Å²) in [5.74, 6) is 1.34. The summed E-state index contributed by atoms with van der Waals surface area (Å²) in [4.78, 5) is 0. The molecule has 0 aromatic heterocycles. The van der Waals surface area contributed by atoms with E-state index in [1.807, 2.05) is 0 Å². The number of hydrogen-bond acceptors (Lipinski definition) is 4. The topological polar surface area (TPSA) is 39.7 Å². The maximum atomic E-state index is 5.66. The van der Waals surface area contributed by atoms with Crippen LogP contribution < -0.4 is 5.32 Å². The van der Waals surface area contributed by atoms with Gasteiger partial charge in [-0.1, -0.05) is 20.8 Å². The fraction of sp³-hybridized carbons (Fsp3) is 1.00. The number of hydrogen-bond donors (Lipinski definition) is 1. The smallest absolute Gasteiger partial charge is 0.0701 e. The van der Waals surface area contributed by atoms with E-state index in [1.54, 1.807) is 7.11 Å². The standard InChI is InChI=1S/C16H35NO3/c1-6-8-17-15(4)16(14(2)3)7-9-19-12-13-20-11-10-18-5/h14-17H,6-13H2,1-5H3. The fourth-order valence-corrected chi connectivity index (χ4v) is 2.37. The molecule has 0 fully saturated rings. The van der Waals surface area contributed by atoms with Gasteiger partial charge in [-0.05, 0) is 38.1 Å². The zero-order valence-electron chi connectivity index (χ0n) is 14.1. The average molecular weight is 289 g/mol. The summed E-state index contributed by atoms with van der Waals surface area (Å²) >= 11 is 0. The first-order chi connectivity index (χ1) is 9.63. The number of rotatable bonds is 14. The zero-order valence-corrected chi connectivity index (χ0v) is 14.1. The number of methoxy groups -OCH3 is 1. The largest absolute Gasteiger partial charge is 0.382 e. The van der Waals surface area contributed by atoms with Gasteiger partial charge in [-0.25, -0.2) is 0 Å². The maximum Gasteiger partial charge on any atom is 0.0701 e. The summed E-state index contributed by atoms with van der Waals surface area (Å²) in [6, 6.07) is 0.552. The van der Waals surface area contributed by atoms with Crippen LogP contribution in [0, 0.1) is 11.8 Å². The summed E-state index contributed by atoms with van der Waals surface area (Å²) in [6.07, 6.45) is 2.29. The summed E-state index contributed by atoms with van der Waals surface area (Å²) < 4.78 is 15.9. The minimum absolute atomic E-state index is 0.552. The van der Waals surface area contributed by atoms with Crippen molar-refractivity contribution in [1.82, 2.24) is 5.32 Å². The Hall–Kier alpha value is -0.160. The second kappa shape index (κ2) is 13.8. The number of nitrogens with one attached hydrogen (secondary N) is 1. The molecule has 122 valence electrons. The van der Waals surface area contributed by atoms with Gasteiger partial charge in [0.25, 0.3) is 0 Å². The lowest BCUT2D eigenvalue weighted by molar-refractivity contribution is 0.0194. The number of ether oxygens (including phenoxy) is 3. The van der Waals surface area contributed by atoms with Crippen LogP contribution in [0.25, 0.3) is 0 Å². The van der Waals surface area contributed by atoms with Gasteiger partial charge in [-0.15, -0.1) is 0 Å². The van der Waals surface area contributed by atoms with E-state index < -0.39 is 0 Å². The van der Waals surface area contributed by atoms with Crippen LogP contribution in [-0.2, 0) is 14.2 Å². The highest BCUT2D eigenvalue weighted by atomic mass is 16.5. The van der Waals surface area contributed by atoms with Crippen molar-refractivity contribution in [2.24, 2.45) is 11.8 Å². The van der Waals surface area contributed by atoms with Gasteiger partial charge in [-0.2, -0.15) is 0 Å². The highest BCUT2D eigenvalue weighted by Gasteiger charge is 2.19. The highest BCUT2D eigenvalue weighted by molar-refractivity contribution is 4.74. The van der Waals surface area contributed by atoms with Gasteiger partial charge in [-0.3, -0.25) is 0 Å². The van der Waals surface area contributed by atoms with Crippen LogP contribution in [0.5, 0.6) is 0 Å². The molecule has 0 aromatic carbocycles. The third-order valence-corrected chi connectivity index (χ3v) is 3.61. The Kier molecular flexibility index (Phi) is 13.7. The summed E-state index contributed by atoms with van der Waals surface area (Å²) in [5, 5.41) is 3.59. The molecule has 0 bridgehead atoms. The monoisotopic (exact) mass is 289 g/mol. The molecule has 2 unspecified atom stereocenters. The van der Waals surface area contributed by atoms with Gasteiger partial charge in [0.2, 0.25) is 0 Å². The van der Waals surface area contributed by atoms with Gasteiger partial charge in [0.05, 0.1) is 26.4 Å². The van der Waals surface area contributed by atoms with Crippen LogP contribution in [0.3, 0.4) is 0 Å². The quantitative estimate of drug-likeness (QED) is 0.499. The van der Waals surface area contributed by atoms with Crippen LogP contribution in [0.4, 0.5) is 0 Å². The average Bonchev–Trinajstić information content (AvgIpc) is 2.42. The van der Waals surface area contributed by atoms with Crippen LogP contribution >= 0.6 is 0 Å². The minimum atomic E-state index is 0.552. The van der Waals surface area contributed by atoms with Crippen molar-refractivity contribution < 1.29 is 14.2 Å². The molecule has 0 spiro atoms. The molecule has 0 radical (unpaired) electrons. The molecular formula is C16H35NO3. The van der Waals surface area contributed by atoms with Crippen molar-refractivity contribution in [1.29, 1.82) is 0 Å². The molecule has 1 N–H and O–H groups in total. The lowest BCUT2D eigenvalue weighted by atomic mass is 9.86. The second-order valence-corrected chi connectivity index (χ2v) is 5.66.